The standard InChI is InChI=1S/C17H28N2O/c1-19(16-10-6-7-11-17(16)20-2)13-12-18-14-15-8-4-3-5-9-15/h6-7,10-11,15,18H,3-5,8-9,12-14H2,1-2H3. The third-order valence-electron chi connectivity index (χ3n) is 4.28. The summed E-state index contributed by atoms with van der Waals surface area (Å²) in [4.78, 5) is 2.26. The maximum Gasteiger partial charge on any atom is 0.142 e. The molecule has 1 aromatic rings. The van der Waals surface area contributed by atoms with Crippen molar-refractivity contribution in [1.82, 2.24) is 5.32 Å². The van der Waals surface area contributed by atoms with E-state index < -0.39 is 0 Å². The molecule has 0 radical (unpaired) electrons. The monoisotopic (exact) mass is 276 g/mol. The van der Waals surface area contributed by atoms with Crippen molar-refractivity contribution in [3.63, 3.8) is 0 Å². The second kappa shape index (κ2) is 8.15. The molecule has 0 atom stereocenters. The van der Waals surface area contributed by atoms with Crippen LogP contribution in [-0.4, -0.2) is 33.8 Å². The van der Waals surface area contributed by atoms with Gasteiger partial charge in [-0.25, -0.2) is 0 Å². The topological polar surface area (TPSA) is 24.5 Å². The van der Waals surface area contributed by atoms with Crippen LogP contribution in [0.25, 0.3) is 0 Å². The van der Waals surface area contributed by atoms with Crippen LogP contribution >= 0.6 is 0 Å². The highest BCUT2D eigenvalue weighted by atomic mass is 16.5. The minimum absolute atomic E-state index is 0.903. The zero-order valence-electron chi connectivity index (χ0n) is 12.9. The van der Waals surface area contributed by atoms with Crippen molar-refractivity contribution >= 4 is 5.69 Å². The molecule has 1 saturated carbocycles. The molecule has 0 heterocycles. The summed E-state index contributed by atoms with van der Waals surface area (Å²) in [6.45, 7) is 3.22. The Balaban J connectivity index is 1.70. The van der Waals surface area contributed by atoms with Gasteiger partial charge in [-0.1, -0.05) is 31.4 Å². The summed E-state index contributed by atoms with van der Waals surface area (Å²) in [6.07, 6.45) is 7.11. The average molecular weight is 276 g/mol. The summed E-state index contributed by atoms with van der Waals surface area (Å²) in [5, 5.41) is 3.61. The smallest absolute Gasteiger partial charge is 0.142 e. The summed E-state index contributed by atoms with van der Waals surface area (Å²) >= 11 is 0. The Labute approximate surface area is 123 Å². The van der Waals surface area contributed by atoms with E-state index in [0.29, 0.717) is 0 Å². The van der Waals surface area contributed by atoms with Crippen molar-refractivity contribution < 1.29 is 4.74 Å². The first-order chi connectivity index (χ1) is 9.81. The first-order valence-electron chi connectivity index (χ1n) is 7.86. The summed E-state index contributed by atoms with van der Waals surface area (Å²) in [6, 6.07) is 8.20. The van der Waals surface area contributed by atoms with E-state index in [-0.39, 0.29) is 0 Å². The van der Waals surface area contributed by atoms with Gasteiger partial charge in [0.25, 0.3) is 0 Å². The van der Waals surface area contributed by atoms with E-state index in [1.54, 1.807) is 7.11 Å². The SMILES string of the molecule is COc1ccccc1N(C)CCNCC1CCCCC1. The number of para-hydroxylation sites is 2. The lowest BCUT2D eigenvalue weighted by Gasteiger charge is -2.24. The number of nitrogens with zero attached hydrogens (tertiary/aromatic N) is 1. The first-order valence-corrected chi connectivity index (χ1v) is 7.86. The van der Waals surface area contributed by atoms with Crippen LogP contribution in [0.5, 0.6) is 5.75 Å². The largest absolute Gasteiger partial charge is 0.495 e. The Morgan fingerprint density at radius 3 is 2.70 bits per heavy atom. The minimum Gasteiger partial charge on any atom is -0.495 e. The molecule has 2 rings (SSSR count). The van der Waals surface area contributed by atoms with E-state index in [1.165, 1.54) is 38.6 Å². The molecule has 1 aliphatic rings. The van der Waals surface area contributed by atoms with Crippen LogP contribution in [0.1, 0.15) is 32.1 Å². The van der Waals surface area contributed by atoms with Gasteiger partial charge in [0.05, 0.1) is 12.8 Å². The van der Waals surface area contributed by atoms with Gasteiger partial charge in [0.2, 0.25) is 0 Å². The predicted octanol–water partition coefficient (Wildman–Crippen LogP) is 3.30. The number of likely N-dealkylation sites (N-methyl/N-ethyl adjacent to an activating group) is 1. The predicted molar refractivity (Wildman–Crippen MR) is 85.7 cm³/mol. The molecule has 0 amide bonds. The Morgan fingerprint density at radius 1 is 1.20 bits per heavy atom. The Bertz CT molecular complexity index is 388. The zero-order valence-corrected chi connectivity index (χ0v) is 12.9. The van der Waals surface area contributed by atoms with Crippen LogP contribution in [0.2, 0.25) is 0 Å². The van der Waals surface area contributed by atoms with E-state index >= 15 is 0 Å². The van der Waals surface area contributed by atoms with Gasteiger partial charge in [-0.05, 0) is 37.4 Å². The van der Waals surface area contributed by atoms with E-state index in [9.17, 15) is 0 Å². The highest BCUT2D eigenvalue weighted by molar-refractivity contribution is 5.57. The molecule has 1 aromatic carbocycles. The summed E-state index contributed by atoms with van der Waals surface area (Å²) in [5.41, 5.74) is 1.16. The Kier molecular flexibility index (Phi) is 6.19. The third-order valence-corrected chi connectivity index (χ3v) is 4.28. The quantitative estimate of drug-likeness (QED) is 0.773. The van der Waals surface area contributed by atoms with E-state index in [4.69, 9.17) is 4.74 Å². The van der Waals surface area contributed by atoms with Gasteiger partial charge in [-0.3, -0.25) is 0 Å². The molecular formula is C17H28N2O. The molecule has 0 aliphatic heterocycles. The highest BCUT2D eigenvalue weighted by Crippen LogP contribution is 2.26. The van der Waals surface area contributed by atoms with Crippen molar-refractivity contribution in [3.05, 3.63) is 24.3 Å². The molecule has 0 saturated heterocycles. The van der Waals surface area contributed by atoms with Crippen molar-refractivity contribution in [3.8, 4) is 5.75 Å². The molecule has 112 valence electrons. The molecule has 1 fully saturated rings. The molecule has 1 N–H and O–H groups in total. The maximum absolute atomic E-state index is 5.41. The fourth-order valence-corrected chi connectivity index (χ4v) is 3.01. The third kappa shape index (κ3) is 4.41. The maximum atomic E-state index is 5.41. The van der Waals surface area contributed by atoms with Gasteiger partial charge < -0.3 is 15.0 Å². The van der Waals surface area contributed by atoms with E-state index in [1.807, 2.05) is 12.1 Å². The first kappa shape index (κ1) is 15.2. The zero-order chi connectivity index (χ0) is 14.2. The summed E-state index contributed by atoms with van der Waals surface area (Å²) < 4.78 is 5.41. The fraction of sp³-hybridized carbons (Fsp3) is 0.647. The second-order valence-corrected chi connectivity index (χ2v) is 5.80. The number of hydrogen-bond acceptors (Lipinski definition) is 3. The van der Waals surface area contributed by atoms with Crippen LogP contribution in [0.15, 0.2) is 24.3 Å². The number of anilines is 1. The fourth-order valence-electron chi connectivity index (χ4n) is 3.01. The number of benzene rings is 1. The van der Waals surface area contributed by atoms with E-state index in [2.05, 4.69) is 29.4 Å². The van der Waals surface area contributed by atoms with Gasteiger partial charge in [-0.15, -0.1) is 0 Å². The van der Waals surface area contributed by atoms with Crippen molar-refractivity contribution in [2.24, 2.45) is 5.92 Å². The van der Waals surface area contributed by atoms with Crippen LogP contribution in [0.3, 0.4) is 0 Å². The summed E-state index contributed by atoms with van der Waals surface area (Å²) in [5.74, 6) is 1.85. The van der Waals surface area contributed by atoms with Crippen molar-refractivity contribution in [2.75, 3.05) is 38.7 Å². The molecule has 0 bridgehead atoms. The number of hydrogen-bond donors (Lipinski definition) is 1. The van der Waals surface area contributed by atoms with Gasteiger partial charge in [-0.2, -0.15) is 0 Å². The summed E-state index contributed by atoms with van der Waals surface area (Å²) in [7, 11) is 3.86. The van der Waals surface area contributed by atoms with Gasteiger partial charge >= 0.3 is 0 Å². The normalized spacial score (nSPS) is 16.1. The van der Waals surface area contributed by atoms with Crippen LogP contribution < -0.4 is 15.0 Å². The van der Waals surface area contributed by atoms with Gasteiger partial charge in [0, 0.05) is 20.1 Å². The number of methoxy groups -OCH3 is 1. The molecule has 3 heteroatoms. The number of rotatable bonds is 7. The second-order valence-electron chi connectivity index (χ2n) is 5.80. The van der Waals surface area contributed by atoms with Gasteiger partial charge in [0.15, 0.2) is 0 Å². The highest BCUT2D eigenvalue weighted by Gasteiger charge is 2.12. The lowest BCUT2D eigenvalue weighted by atomic mass is 9.89. The number of ether oxygens (including phenoxy) is 1. The molecule has 1 aliphatic carbocycles. The van der Waals surface area contributed by atoms with E-state index in [0.717, 1.165) is 30.4 Å². The molecule has 20 heavy (non-hydrogen) atoms. The number of nitrogens with one attached hydrogen (secondary N) is 1. The van der Waals surface area contributed by atoms with Crippen molar-refractivity contribution in [2.45, 2.75) is 32.1 Å². The Morgan fingerprint density at radius 2 is 1.95 bits per heavy atom. The average Bonchev–Trinajstić information content (AvgIpc) is 2.52. The molecule has 3 nitrogen and oxygen atoms in total. The molecular weight excluding hydrogens is 248 g/mol. The molecule has 0 aromatic heterocycles. The van der Waals surface area contributed by atoms with Crippen molar-refractivity contribution in [1.29, 1.82) is 0 Å². The van der Waals surface area contributed by atoms with Gasteiger partial charge in [0.1, 0.15) is 5.75 Å². The Hall–Kier alpha value is -1.22. The van der Waals surface area contributed by atoms with Crippen LogP contribution in [0, 0.1) is 5.92 Å². The lowest BCUT2D eigenvalue weighted by molar-refractivity contribution is 0.343. The van der Waals surface area contributed by atoms with Crippen LogP contribution in [-0.2, 0) is 0 Å². The van der Waals surface area contributed by atoms with Crippen LogP contribution in [0.4, 0.5) is 5.69 Å². The molecule has 0 spiro atoms. The lowest BCUT2D eigenvalue weighted by Crippen LogP contribution is -2.32. The minimum atomic E-state index is 0.903. The molecule has 0 unspecified atom stereocenters.